The van der Waals surface area contributed by atoms with Crippen LogP contribution in [-0.4, -0.2) is 20.7 Å². The average Bonchev–Trinajstić information content (AvgIpc) is 3.23. The highest BCUT2D eigenvalue weighted by Gasteiger charge is 2.21. The van der Waals surface area contributed by atoms with Gasteiger partial charge >= 0.3 is 0 Å². The van der Waals surface area contributed by atoms with Gasteiger partial charge in [-0.25, -0.2) is 9.67 Å². The van der Waals surface area contributed by atoms with Gasteiger partial charge < -0.3 is 5.32 Å². The van der Waals surface area contributed by atoms with Gasteiger partial charge in [-0.3, -0.25) is 4.79 Å². The molecule has 4 aromatic rings. The molecule has 0 spiro atoms. The van der Waals surface area contributed by atoms with Crippen LogP contribution in [0.2, 0.25) is 10.0 Å². The van der Waals surface area contributed by atoms with Crippen molar-refractivity contribution < 1.29 is 4.79 Å². The predicted molar refractivity (Wildman–Crippen MR) is 141 cm³/mol. The van der Waals surface area contributed by atoms with Gasteiger partial charge in [0.05, 0.1) is 15.7 Å². The molecule has 1 aromatic heterocycles. The van der Waals surface area contributed by atoms with Gasteiger partial charge in [-0.05, 0) is 60.0 Å². The number of benzene rings is 3. The Kier molecular flexibility index (Phi) is 7.24. The first-order chi connectivity index (χ1) is 15.7. The Hall–Kier alpha value is -2.19. The molecule has 1 heterocycles. The molecule has 0 aliphatic rings. The van der Waals surface area contributed by atoms with Crippen molar-refractivity contribution in [2.75, 3.05) is 5.32 Å². The molecule has 0 radical (unpaired) electrons. The summed E-state index contributed by atoms with van der Waals surface area (Å²) in [5, 5.41) is 8.28. The Labute approximate surface area is 218 Å². The number of nitrogens with zero attached hydrogens (tertiary/aromatic N) is 3. The van der Waals surface area contributed by atoms with E-state index in [0.717, 1.165) is 20.1 Å². The van der Waals surface area contributed by atoms with E-state index in [2.05, 4.69) is 61.1 Å². The van der Waals surface area contributed by atoms with Crippen LogP contribution in [0.1, 0.15) is 35.9 Å². The minimum absolute atomic E-state index is 0.0385. The number of carbonyl (C=O) groups is 1. The van der Waals surface area contributed by atoms with Crippen LogP contribution in [0.25, 0.3) is 17.1 Å². The second kappa shape index (κ2) is 9.97. The second-order valence-corrected chi connectivity index (χ2v) is 10.3. The zero-order valence-electron chi connectivity index (χ0n) is 17.6. The quantitative estimate of drug-likeness (QED) is 0.249. The van der Waals surface area contributed by atoms with E-state index < -0.39 is 5.91 Å². The van der Waals surface area contributed by atoms with Gasteiger partial charge in [-0.2, -0.15) is 0 Å². The summed E-state index contributed by atoms with van der Waals surface area (Å²) in [6.45, 7) is 4.14. The van der Waals surface area contributed by atoms with E-state index in [1.807, 2.05) is 42.5 Å². The topological polar surface area (TPSA) is 59.8 Å². The smallest absolute Gasteiger partial charge is 0.295 e. The minimum atomic E-state index is -0.406. The number of aromatic nitrogens is 3. The van der Waals surface area contributed by atoms with Gasteiger partial charge in [0.2, 0.25) is 5.82 Å². The zero-order chi connectivity index (χ0) is 23.7. The van der Waals surface area contributed by atoms with Crippen molar-refractivity contribution in [3.05, 3.63) is 91.0 Å². The number of hydrogen-bond donors (Lipinski definition) is 1. The Balaban J connectivity index is 1.77. The third kappa shape index (κ3) is 5.32. The highest BCUT2D eigenvalue weighted by Crippen LogP contribution is 2.30. The monoisotopic (exact) mass is 606 g/mol. The van der Waals surface area contributed by atoms with Gasteiger partial charge in [0.15, 0.2) is 5.82 Å². The van der Waals surface area contributed by atoms with Crippen LogP contribution in [0.3, 0.4) is 0 Å². The van der Waals surface area contributed by atoms with Crippen LogP contribution in [0, 0.1) is 0 Å². The molecule has 0 atom stereocenters. The number of carbonyl (C=O) groups excluding carboxylic acids is 1. The SMILES string of the molecule is CC(C)c1cc(Br)ccc1NC(=O)c1nc(-c2ccc(Br)cc2)n(-c2ccc(Cl)c(Cl)c2)n1. The first-order valence-corrected chi connectivity index (χ1v) is 12.4. The van der Waals surface area contributed by atoms with Crippen LogP contribution >= 0.6 is 55.1 Å². The number of rotatable bonds is 5. The van der Waals surface area contributed by atoms with E-state index in [-0.39, 0.29) is 11.7 Å². The van der Waals surface area contributed by atoms with E-state index in [0.29, 0.717) is 27.2 Å². The summed E-state index contributed by atoms with van der Waals surface area (Å²) >= 11 is 19.3. The lowest BCUT2D eigenvalue weighted by atomic mass is 10.0. The maximum Gasteiger partial charge on any atom is 0.295 e. The summed E-state index contributed by atoms with van der Waals surface area (Å²) in [6, 6.07) is 18.5. The molecule has 0 unspecified atom stereocenters. The Morgan fingerprint density at radius 1 is 0.939 bits per heavy atom. The van der Waals surface area contributed by atoms with Crippen molar-refractivity contribution >= 4 is 66.7 Å². The van der Waals surface area contributed by atoms with Gasteiger partial charge in [-0.1, -0.05) is 81.0 Å². The van der Waals surface area contributed by atoms with Gasteiger partial charge in [-0.15, -0.1) is 5.10 Å². The lowest BCUT2D eigenvalue weighted by molar-refractivity contribution is 0.101. The van der Waals surface area contributed by atoms with Crippen LogP contribution in [0.5, 0.6) is 0 Å². The predicted octanol–water partition coefficient (Wildman–Crippen LogP) is 8.14. The highest BCUT2D eigenvalue weighted by atomic mass is 79.9. The van der Waals surface area contributed by atoms with Gasteiger partial charge in [0, 0.05) is 20.2 Å². The Morgan fingerprint density at radius 3 is 2.30 bits per heavy atom. The van der Waals surface area contributed by atoms with Crippen molar-refractivity contribution in [2.45, 2.75) is 19.8 Å². The molecule has 0 aliphatic heterocycles. The zero-order valence-corrected chi connectivity index (χ0v) is 22.3. The molecule has 0 aliphatic carbocycles. The molecule has 0 saturated heterocycles. The molecule has 5 nitrogen and oxygen atoms in total. The van der Waals surface area contributed by atoms with Crippen molar-refractivity contribution in [3.63, 3.8) is 0 Å². The fourth-order valence-electron chi connectivity index (χ4n) is 3.29. The summed E-state index contributed by atoms with van der Waals surface area (Å²) in [6.07, 6.45) is 0. The van der Waals surface area contributed by atoms with E-state index in [4.69, 9.17) is 23.2 Å². The minimum Gasteiger partial charge on any atom is -0.319 e. The number of amides is 1. The largest absolute Gasteiger partial charge is 0.319 e. The summed E-state index contributed by atoms with van der Waals surface area (Å²) in [5.74, 6) is 0.358. The molecule has 33 heavy (non-hydrogen) atoms. The van der Waals surface area contributed by atoms with Crippen molar-refractivity contribution in [1.29, 1.82) is 0 Å². The molecule has 3 aromatic carbocycles. The van der Waals surface area contributed by atoms with Crippen molar-refractivity contribution in [3.8, 4) is 17.1 Å². The molecule has 4 rings (SSSR count). The lowest BCUT2D eigenvalue weighted by Crippen LogP contribution is -2.16. The van der Waals surface area contributed by atoms with Gasteiger partial charge in [0.1, 0.15) is 0 Å². The molecule has 0 bridgehead atoms. The van der Waals surface area contributed by atoms with E-state index in [1.165, 1.54) is 0 Å². The van der Waals surface area contributed by atoms with E-state index in [9.17, 15) is 4.79 Å². The number of anilines is 1. The summed E-state index contributed by atoms with van der Waals surface area (Å²) in [4.78, 5) is 17.7. The molecule has 1 N–H and O–H groups in total. The fraction of sp³-hybridized carbons (Fsp3) is 0.125. The van der Waals surface area contributed by atoms with Crippen LogP contribution in [0.15, 0.2) is 69.6 Å². The van der Waals surface area contributed by atoms with E-state index >= 15 is 0 Å². The normalized spacial score (nSPS) is 11.1. The van der Waals surface area contributed by atoms with E-state index in [1.54, 1.807) is 22.9 Å². The van der Waals surface area contributed by atoms with Crippen LogP contribution in [-0.2, 0) is 0 Å². The third-order valence-electron chi connectivity index (χ3n) is 4.94. The Bertz CT molecular complexity index is 1340. The molecule has 168 valence electrons. The second-order valence-electron chi connectivity index (χ2n) is 7.62. The van der Waals surface area contributed by atoms with Crippen molar-refractivity contribution in [2.24, 2.45) is 0 Å². The Morgan fingerprint density at radius 2 is 1.64 bits per heavy atom. The standard InChI is InChI=1S/C24H18Br2Cl2N4O/c1-13(2)18-11-16(26)7-10-21(18)29-24(33)22-30-23(14-3-5-15(25)6-4-14)32(31-22)17-8-9-19(27)20(28)12-17/h3-13H,1-2H3,(H,29,33). The molecular formula is C24H18Br2Cl2N4O. The van der Waals surface area contributed by atoms with Gasteiger partial charge in [0.25, 0.3) is 5.91 Å². The number of nitrogens with one attached hydrogen (secondary N) is 1. The highest BCUT2D eigenvalue weighted by molar-refractivity contribution is 9.10. The molecule has 0 fully saturated rings. The lowest BCUT2D eigenvalue weighted by Gasteiger charge is -2.13. The summed E-state index contributed by atoms with van der Waals surface area (Å²) < 4.78 is 3.47. The molecule has 0 saturated carbocycles. The molecule has 9 heteroatoms. The average molecular weight is 609 g/mol. The summed E-state index contributed by atoms with van der Waals surface area (Å²) in [5.41, 5.74) is 3.16. The van der Waals surface area contributed by atoms with Crippen molar-refractivity contribution in [1.82, 2.24) is 14.8 Å². The summed E-state index contributed by atoms with van der Waals surface area (Å²) in [7, 11) is 0. The fourth-order valence-corrected chi connectivity index (χ4v) is 4.23. The van der Waals surface area contributed by atoms with Crippen LogP contribution in [0.4, 0.5) is 5.69 Å². The maximum atomic E-state index is 13.2. The maximum absolute atomic E-state index is 13.2. The first-order valence-electron chi connectivity index (χ1n) is 10.0. The first kappa shape index (κ1) is 24.0. The molecular weight excluding hydrogens is 591 g/mol. The number of hydrogen-bond acceptors (Lipinski definition) is 3. The molecule has 1 amide bonds. The third-order valence-corrected chi connectivity index (χ3v) is 6.71. The van der Waals surface area contributed by atoms with Crippen LogP contribution < -0.4 is 5.32 Å². The number of halogens is 4.